The molecule has 2 aromatic rings. The van der Waals surface area contributed by atoms with Crippen LogP contribution in [0.1, 0.15) is 10.4 Å². The average molecular weight is 253 g/mol. The minimum Gasteiger partial charge on any atom is -0.478 e. The number of carboxylic acid groups (broad SMARTS) is 1. The lowest BCUT2D eigenvalue weighted by Gasteiger charge is -2.03. The van der Waals surface area contributed by atoms with Gasteiger partial charge in [-0.2, -0.15) is 4.37 Å². The van der Waals surface area contributed by atoms with Crippen LogP contribution in [0.25, 0.3) is 0 Å². The minimum absolute atomic E-state index is 0.209. The average Bonchev–Trinajstić information content (AvgIpc) is 2.73. The number of nitrogen functional groups attached to an aromatic ring is 1. The van der Waals surface area contributed by atoms with Crippen molar-refractivity contribution >= 4 is 35.0 Å². The lowest BCUT2D eigenvalue weighted by Crippen LogP contribution is -1.98. The molecule has 3 N–H and O–H groups in total. The van der Waals surface area contributed by atoms with Gasteiger partial charge in [-0.15, -0.1) is 0 Å². The van der Waals surface area contributed by atoms with Gasteiger partial charge in [0.05, 0.1) is 5.56 Å². The molecule has 0 unspecified atom stereocenters. The van der Waals surface area contributed by atoms with Crippen molar-refractivity contribution in [2.75, 3.05) is 5.73 Å². The van der Waals surface area contributed by atoms with Gasteiger partial charge in [0.15, 0.2) is 4.34 Å². The summed E-state index contributed by atoms with van der Waals surface area (Å²) in [4.78, 5) is 15.5. The molecule has 0 saturated carbocycles. The Labute approximate surface area is 99.5 Å². The molecule has 0 atom stereocenters. The number of aromatic carboxylic acids is 1. The summed E-state index contributed by atoms with van der Waals surface area (Å²) in [5.74, 6) is -0.973. The molecule has 7 heteroatoms. The second-order valence-corrected chi connectivity index (χ2v) is 4.94. The van der Waals surface area contributed by atoms with Crippen LogP contribution >= 0.6 is 23.3 Å². The number of anilines is 1. The smallest absolute Gasteiger partial charge is 0.335 e. The highest BCUT2D eigenvalue weighted by Crippen LogP contribution is 2.33. The first-order valence-corrected chi connectivity index (χ1v) is 5.83. The van der Waals surface area contributed by atoms with E-state index in [4.69, 9.17) is 10.8 Å². The van der Waals surface area contributed by atoms with Gasteiger partial charge in [0.2, 0.25) is 0 Å². The van der Waals surface area contributed by atoms with Crippen LogP contribution < -0.4 is 5.73 Å². The number of aromatic nitrogens is 2. The lowest BCUT2D eigenvalue weighted by molar-refractivity contribution is 0.0696. The largest absolute Gasteiger partial charge is 0.478 e. The summed E-state index contributed by atoms with van der Waals surface area (Å²) in [5, 5.41) is 8.85. The zero-order valence-corrected chi connectivity index (χ0v) is 9.59. The summed E-state index contributed by atoms with van der Waals surface area (Å²) in [6, 6.07) is 4.58. The Morgan fingerprint density at radius 1 is 1.50 bits per heavy atom. The summed E-state index contributed by atoms with van der Waals surface area (Å²) in [5.41, 5.74) is 6.49. The third kappa shape index (κ3) is 2.31. The molecule has 5 nitrogen and oxygen atoms in total. The topological polar surface area (TPSA) is 89.1 Å². The SMILES string of the molecule is Nc1ccc(C(=O)O)cc1Sc1ncns1. The van der Waals surface area contributed by atoms with Gasteiger partial charge in [-0.1, -0.05) is 11.8 Å². The Kier molecular flexibility index (Phi) is 3.07. The van der Waals surface area contributed by atoms with Crippen molar-refractivity contribution in [1.82, 2.24) is 9.36 Å². The van der Waals surface area contributed by atoms with Gasteiger partial charge >= 0.3 is 5.97 Å². The van der Waals surface area contributed by atoms with Crippen molar-refractivity contribution in [2.45, 2.75) is 9.24 Å². The number of carboxylic acids is 1. The molecule has 2 rings (SSSR count). The van der Waals surface area contributed by atoms with Crippen LogP contribution in [0.2, 0.25) is 0 Å². The van der Waals surface area contributed by atoms with E-state index in [9.17, 15) is 4.79 Å². The summed E-state index contributed by atoms with van der Waals surface area (Å²) in [6.07, 6.45) is 1.45. The van der Waals surface area contributed by atoms with Gasteiger partial charge in [0.25, 0.3) is 0 Å². The fourth-order valence-corrected chi connectivity index (χ4v) is 2.54. The van der Waals surface area contributed by atoms with Crippen molar-refractivity contribution in [2.24, 2.45) is 0 Å². The van der Waals surface area contributed by atoms with Crippen LogP contribution in [0, 0.1) is 0 Å². The number of nitrogens with zero attached hydrogens (tertiary/aromatic N) is 2. The van der Waals surface area contributed by atoms with E-state index in [1.54, 1.807) is 6.07 Å². The van der Waals surface area contributed by atoms with Crippen molar-refractivity contribution in [3.8, 4) is 0 Å². The second kappa shape index (κ2) is 4.50. The van der Waals surface area contributed by atoms with Gasteiger partial charge in [-0.05, 0) is 29.7 Å². The number of hydrogen-bond donors (Lipinski definition) is 2. The highest BCUT2D eigenvalue weighted by Gasteiger charge is 2.09. The molecule has 0 aliphatic rings. The fourth-order valence-electron chi connectivity index (χ4n) is 1.06. The highest BCUT2D eigenvalue weighted by molar-refractivity contribution is 8.01. The van der Waals surface area contributed by atoms with Gasteiger partial charge in [0.1, 0.15) is 6.33 Å². The summed E-state index contributed by atoms with van der Waals surface area (Å²) < 4.78 is 4.59. The van der Waals surface area contributed by atoms with Crippen LogP contribution in [0.15, 0.2) is 33.8 Å². The molecule has 0 fully saturated rings. The Morgan fingerprint density at radius 3 is 2.94 bits per heavy atom. The molecule has 82 valence electrons. The van der Waals surface area contributed by atoms with E-state index in [2.05, 4.69) is 9.36 Å². The van der Waals surface area contributed by atoms with E-state index in [1.807, 2.05) is 0 Å². The van der Waals surface area contributed by atoms with Crippen molar-refractivity contribution in [3.63, 3.8) is 0 Å². The molecular formula is C9H7N3O2S2. The Bertz CT molecular complexity index is 513. The number of hydrogen-bond acceptors (Lipinski definition) is 6. The molecule has 1 aromatic heterocycles. The third-order valence-corrected chi connectivity index (χ3v) is 3.59. The molecule has 1 aromatic carbocycles. The van der Waals surface area contributed by atoms with E-state index >= 15 is 0 Å². The Morgan fingerprint density at radius 2 is 2.31 bits per heavy atom. The van der Waals surface area contributed by atoms with Gasteiger partial charge < -0.3 is 10.8 Å². The maximum Gasteiger partial charge on any atom is 0.335 e. The Hall–Kier alpha value is -1.60. The molecule has 0 spiro atoms. The summed E-state index contributed by atoms with van der Waals surface area (Å²) >= 11 is 2.55. The van der Waals surface area contributed by atoms with Crippen LogP contribution in [0.4, 0.5) is 5.69 Å². The maximum atomic E-state index is 10.8. The van der Waals surface area contributed by atoms with Gasteiger partial charge in [-0.3, -0.25) is 0 Å². The van der Waals surface area contributed by atoms with Crippen molar-refractivity contribution in [1.29, 1.82) is 0 Å². The van der Waals surface area contributed by atoms with Crippen LogP contribution in [0.3, 0.4) is 0 Å². The normalized spacial score (nSPS) is 10.2. The molecule has 0 bridgehead atoms. The van der Waals surface area contributed by atoms with E-state index in [0.717, 1.165) is 4.34 Å². The molecule has 16 heavy (non-hydrogen) atoms. The zero-order valence-electron chi connectivity index (χ0n) is 7.95. The fraction of sp³-hybridized carbons (Fsp3) is 0. The monoisotopic (exact) mass is 253 g/mol. The molecule has 0 amide bonds. The number of nitrogens with two attached hydrogens (primary N) is 1. The quantitative estimate of drug-likeness (QED) is 0.813. The van der Waals surface area contributed by atoms with Crippen LogP contribution in [-0.4, -0.2) is 20.4 Å². The first-order chi connectivity index (χ1) is 7.66. The first kappa shape index (κ1) is 10.9. The number of benzene rings is 1. The van der Waals surface area contributed by atoms with Gasteiger partial charge in [-0.25, -0.2) is 9.78 Å². The van der Waals surface area contributed by atoms with E-state index in [1.165, 1.54) is 41.8 Å². The van der Waals surface area contributed by atoms with E-state index < -0.39 is 5.97 Å². The summed E-state index contributed by atoms with van der Waals surface area (Å²) in [7, 11) is 0. The lowest BCUT2D eigenvalue weighted by atomic mass is 10.2. The number of rotatable bonds is 3. The predicted octanol–water partition coefficient (Wildman–Crippen LogP) is 1.97. The van der Waals surface area contributed by atoms with Crippen molar-refractivity contribution in [3.05, 3.63) is 30.1 Å². The number of carbonyl (C=O) groups is 1. The van der Waals surface area contributed by atoms with Crippen molar-refractivity contribution < 1.29 is 9.90 Å². The standard InChI is InChI=1S/C9H7N3O2S2/c10-6-2-1-5(8(13)14)3-7(6)15-9-11-4-12-16-9/h1-4H,10H2,(H,13,14). The first-order valence-electron chi connectivity index (χ1n) is 4.24. The minimum atomic E-state index is -0.973. The van der Waals surface area contributed by atoms with Crippen LogP contribution in [-0.2, 0) is 0 Å². The highest BCUT2D eigenvalue weighted by atomic mass is 32.2. The van der Waals surface area contributed by atoms with Crippen LogP contribution in [0.5, 0.6) is 0 Å². The molecule has 1 heterocycles. The predicted molar refractivity (Wildman–Crippen MR) is 61.8 cm³/mol. The van der Waals surface area contributed by atoms with Gasteiger partial charge in [0, 0.05) is 10.6 Å². The summed E-state index contributed by atoms with van der Waals surface area (Å²) in [6.45, 7) is 0. The maximum absolute atomic E-state index is 10.8. The Balaban J connectivity index is 2.32. The third-order valence-electron chi connectivity index (χ3n) is 1.80. The molecular weight excluding hydrogens is 246 g/mol. The van der Waals surface area contributed by atoms with E-state index in [0.29, 0.717) is 10.6 Å². The second-order valence-electron chi connectivity index (χ2n) is 2.87. The molecule has 0 radical (unpaired) electrons. The molecule has 0 aliphatic carbocycles. The molecule has 0 saturated heterocycles. The van der Waals surface area contributed by atoms with E-state index in [-0.39, 0.29) is 5.56 Å². The zero-order chi connectivity index (χ0) is 11.5. The molecule has 0 aliphatic heterocycles.